The number of likely N-dealkylation sites (tertiary alicyclic amines) is 1. The van der Waals surface area contributed by atoms with E-state index in [0.29, 0.717) is 18.8 Å². The molecular formula is C21H32IN5O3. The van der Waals surface area contributed by atoms with Gasteiger partial charge in [0, 0.05) is 32.2 Å². The molecule has 2 aromatic rings. The van der Waals surface area contributed by atoms with Gasteiger partial charge in [0.2, 0.25) is 0 Å². The number of guanidine groups is 1. The van der Waals surface area contributed by atoms with Crippen LogP contribution in [0.15, 0.2) is 44.6 Å². The van der Waals surface area contributed by atoms with Crippen molar-refractivity contribution in [2.45, 2.75) is 32.2 Å². The average molecular weight is 529 g/mol. The van der Waals surface area contributed by atoms with Crippen LogP contribution in [0.2, 0.25) is 0 Å². The van der Waals surface area contributed by atoms with Gasteiger partial charge in [-0.2, -0.15) is 0 Å². The highest BCUT2D eigenvalue weighted by Gasteiger charge is 2.25. The zero-order chi connectivity index (χ0) is 20.5. The Balaban J connectivity index is 0.00000320. The van der Waals surface area contributed by atoms with Crippen molar-refractivity contribution in [1.82, 2.24) is 20.9 Å². The minimum Gasteiger partial charge on any atom is -0.468 e. The van der Waals surface area contributed by atoms with Crippen LogP contribution in [0.5, 0.6) is 0 Å². The molecule has 0 saturated carbocycles. The van der Waals surface area contributed by atoms with Crippen molar-refractivity contribution < 1.29 is 13.6 Å². The number of nitrogens with zero attached hydrogens (tertiary/aromatic N) is 2. The Morgan fingerprint density at radius 3 is 2.53 bits per heavy atom. The molecule has 1 unspecified atom stereocenters. The lowest BCUT2D eigenvalue weighted by molar-refractivity contribution is 0.0925. The molecule has 0 spiro atoms. The number of aryl methyl sites for hydroxylation is 1. The summed E-state index contributed by atoms with van der Waals surface area (Å²) in [6.07, 6.45) is 6.49. The quantitative estimate of drug-likeness (QED) is 0.200. The molecule has 1 aliphatic rings. The molecule has 3 heterocycles. The number of carbonyl (C=O) groups excluding carboxylic acids is 1. The van der Waals surface area contributed by atoms with Crippen LogP contribution in [0.4, 0.5) is 0 Å². The van der Waals surface area contributed by atoms with Crippen molar-refractivity contribution in [2.24, 2.45) is 4.99 Å². The first-order valence-corrected chi connectivity index (χ1v) is 10.2. The highest BCUT2D eigenvalue weighted by Crippen LogP contribution is 2.24. The molecule has 0 aromatic carbocycles. The number of halogens is 1. The number of furan rings is 2. The smallest absolute Gasteiger partial charge is 0.287 e. The van der Waals surface area contributed by atoms with Crippen molar-refractivity contribution in [3.05, 3.63) is 47.8 Å². The first kappa shape index (κ1) is 24.3. The van der Waals surface area contributed by atoms with Gasteiger partial charge in [0.25, 0.3) is 5.91 Å². The Labute approximate surface area is 194 Å². The maximum atomic E-state index is 12.0. The molecule has 166 valence electrons. The first-order chi connectivity index (χ1) is 14.2. The van der Waals surface area contributed by atoms with Crippen molar-refractivity contribution in [1.29, 1.82) is 0 Å². The van der Waals surface area contributed by atoms with Gasteiger partial charge in [0.1, 0.15) is 5.76 Å². The van der Waals surface area contributed by atoms with Crippen LogP contribution >= 0.6 is 24.0 Å². The van der Waals surface area contributed by atoms with Crippen LogP contribution in [0.25, 0.3) is 0 Å². The van der Waals surface area contributed by atoms with Crippen LogP contribution in [-0.2, 0) is 0 Å². The SMILES string of the molecule is CN=C(NCCCNC(=O)c1occc1C)NCC(c1ccco1)N1CCCC1.I. The minimum atomic E-state index is -0.179. The summed E-state index contributed by atoms with van der Waals surface area (Å²) in [4.78, 5) is 18.8. The van der Waals surface area contributed by atoms with Crippen molar-refractivity contribution in [3.63, 3.8) is 0 Å². The second-order valence-corrected chi connectivity index (χ2v) is 7.20. The van der Waals surface area contributed by atoms with E-state index in [9.17, 15) is 4.79 Å². The number of nitrogens with one attached hydrogen (secondary N) is 3. The van der Waals surface area contributed by atoms with Crippen LogP contribution in [0, 0.1) is 6.92 Å². The fourth-order valence-electron chi connectivity index (χ4n) is 3.54. The molecule has 1 aliphatic heterocycles. The van der Waals surface area contributed by atoms with Gasteiger partial charge in [-0.3, -0.25) is 14.7 Å². The van der Waals surface area contributed by atoms with Gasteiger partial charge in [-0.05, 0) is 57.5 Å². The van der Waals surface area contributed by atoms with E-state index in [1.165, 1.54) is 19.1 Å². The lowest BCUT2D eigenvalue weighted by Gasteiger charge is -2.26. The van der Waals surface area contributed by atoms with E-state index < -0.39 is 0 Å². The Morgan fingerprint density at radius 1 is 1.13 bits per heavy atom. The zero-order valence-electron chi connectivity index (χ0n) is 17.6. The topological polar surface area (TPSA) is 95.0 Å². The minimum absolute atomic E-state index is 0. The Kier molecular flexibility index (Phi) is 10.2. The number of hydrogen-bond acceptors (Lipinski definition) is 5. The lowest BCUT2D eigenvalue weighted by Crippen LogP contribution is -2.43. The maximum absolute atomic E-state index is 12.0. The van der Waals surface area contributed by atoms with Crippen molar-refractivity contribution in [3.8, 4) is 0 Å². The van der Waals surface area contributed by atoms with E-state index in [4.69, 9.17) is 8.83 Å². The van der Waals surface area contributed by atoms with Gasteiger partial charge >= 0.3 is 0 Å². The summed E-state index contributed by atoms with van der Waals surface area (Å²) in [5, 5.41) is 9.57. The molecule has 0 bridgehead atoms. The summed E-state index contributed by atoms with van der Waals surface area (Å²) < 4.78 is 10.9. The zero-order valence-corrected chi connectivity index (χ0v) is 20.0. The van der Waals surface area contributed by atoms with Gasteiger partial charge in [0.15, 0.2) is 11.7 Å². The van der Waals surface area contributed by atoms with Crippen LogP contribution in [0.1, 0.15) is 47.2 Å². The van der Waals surface area contributed by atoms with Gasteiger partial charge < -0.3 is 24.8 Å². The third-order valence-corrected chi connectivity index (χ3v) is 5.14. The standard InChI is InChI=1S/C21H31N5O3.HI/c1-16-8-14-29-19(16)20(27)23-9-6-10-24-21(22-2)25-15-17(18-7-5-13-28-18)26-11-3-4-12-26;/h5,7-8,13-14,17H,3-4,6,9-12,15H2,1-2H3,(H,23,27)(H2,22,24,25);1H. The maximum Gasteiger partial charge on any atom is 0.287 e. The molecular weight excluding hydrogens is 497 g/mol. The van der Waals surface area contributed by atoms with E-state index in [1.807, 2.05) is 19.1 Å². The van der Waals surface area contributed by atoms with E-state index in [2.05, 4.69) is 25.8 Å². The van der Waals surface area contributed by atoms with E-state index in [-0.39, 0.29) is 35.9 Å². The fraction of sp³-hybridized carbons (Fsp3) is 0.524. The largest absolute Gasteiger partial charge is 0.468 e. The Bertz CT molecular complexity index is 784. The number of rotatable bonds is 9. The Morgan fingerprint density at radius 2 is 1.90 bits per heavy atom. The lowest BCUT2D eigenvalue weighted by atomic mass is 10.2. The molecule has 1 fully saturated rings. The van der Waals surface area contributed by atoms with Crippen molar-refractivity contribution in [2.75, 3.05) is 39.8 Å². The predicted octanol–water partition coefficient (Wildman–Crippen LogP) is 2.92. The van der Waals surface area contributed by atoms with Gasteiger partial charge in [-0.25, -0.2) is 0 Å². The summed E-state index contributed by atoms with van der Waals surface area (Å²) in [6, 6.07) is 5.94. The molecule has 30 heavy (non-hydrogen) atoms. The summed E-state index contributed by atoms with van der Waals surface area (Å²) in [5.41, 5.74) is 0.842. The highest BCUT2D eigenvalue weighted by atomic mass is 127. The first-order valence-electron chi connectivity index (χ1n) is 10.2. The molecule has 3 rings (SSSR count). The fourth-order valence-corrected chi connectivity index (χ4v) is 3.54. The average Bonchev–Trinajstić information content (AvgIpc) is 3.49. The van der Waals surface area contributed by atoms with Crippen LogP contribution in [0.3, 0.4) is 0 Å². The number of amides is 1. The molecule has 1 saturated heterocycles. The molecule has 9 heteroatoms. The molecule has 3 N–H and O–H groups in total. The van der Waals surface area contributed by atoms with Gasteiger partial charge in [0.05, 0.1) is 18.6 Å². The van der Waals surface area contributed by atoms with E-state index in [1.54, 1.807) is 19.4 Å². The number of aliphatic imine (C=N–C) groups is 1. The van der Waals surface area contributed by atoms with Gasteiger partial charge in [-0.1, -0.05) is 0 Å². The second kappa shape index (κ2) is 12.6. The molecule has 1 atom stereocenters. The Hall–Kier alpha value is -2.01. The molecule has 0 radical (unpaired) electrons. The van der Waals surface area contributed by atoms with Gasteiger partial charge in [-0.15, -0.1) is 24.0 Å². The summed E-state index contributed by atoms with van der Waals surface area (Å²) >= 11 is 0. The summed E-state index contributed by atoms with van der Waals surface area (Å²) in [6.45, 7) is 6.02. The molecule has 0 aliphatic carbocycles. The molecule has 8 nitrogen and oxygen atoms in total. The summed E-state index contributed by atoms with van der Waals surface area (Å²) in [5.74, 6) is 1.92. The normalized spacial score (nSPS) is 15.5. The van der Waals surface area contributed by atoms with Crippen molar-refractivity contribution >= 4 is 35.8 Å². The number of carbonyl (C=O) groups is 1. The third kappa shape index (κ3) is 6.76. The van der Waals surface area contributed by atoms with E-state index >= 15 is 0 Å². The molecule has 1 amide bonds. The number of hydrogen-bond donors (Lipinski definition) is 3. The summed E-state index contributed by atoms with van der Waals surface area (Å²) in [7, 11) is 1.76. The second-order valence-electron chi connectivity index (χ2n) is 7.20. The highest BCUT2D eigenvalue weighted by molar-refractivity contribution is 14.0. The monoisotopic (exact) mass is 529 g/mol. The van der Waals surface area contributed by atoms with Crippen LogP contribution in [-0.4, -0.2) is 56.5 Å². The predicted molar refractivity (Wildman–Crippen MR) is 127 cm³/mol. The van der Waals surface area contributed by atoms with E-state index in [0.717, 1.165) is 43.3 Å². The van der Waals surface area contributed by atoms with Crippen LogP contribution < -0.4 is 16.0 Å². The molecule has 2 aromatic heterocycles. The third-order valence-electron chi connectivity index (χ3n) is 5.14.